The van der Waals surface area contributed by atoms with E-state index in [2.05, 4.69) is 55.4 Å². The van der Waals surface area contributed by atoms with Crippen molar-refractivity contribution in [3.63, 3.8) is 0 Å². The van der Waals surface area contributed by atoms with Gasteiger partial charge in [0.25, 0.3) is 0 Å². The maximum Gasteiger partial charge on any atom is 0.472 e. The average molecular weight is 1540 g/mol. The van der Waals surface area contributed by atoms with Crippen molar-refractivity contribution < 1.29 is 80.2 Å². The van der Waals surface area contributed by atoms with E-state index in [0.29, 0.717) is 31.6 Å². The maximum atomic E-state index is 13.1. The summed E-state index contributed by atoms with van der Waals surface area (Å²) < 4.78 is 68.8. The second kappa shape index (κ2) is 74.8. The average Bonchev–Trinajstić information content (AvgIpc) is 0.921. The largest absolute Gasteiger partial charge is 0.472 e. The first kappa shape index (κ1) is 103. The molecule has 3 N–H and O–H groups in total. The summed E-state index contributed by atoms with van der Waals surface area (Å²) in [6.45, 7) is 14.3. The summed E-state index contributed by atoms with van der Waals surface area (Å²) in [5.41, 5.74) is 0. The van der Waals surface area contributed by atoms with Gasteiger partial charge in [0.2, 0.25) is 0 Å². The zero-order valence-electron chi connectivity index (χ0n) is 69.4. The van der Waals surface area contributed by atoms with E-state index in [1.54, 1.807) is 0 Å². The van der Waals surface area contributed by atoms with Crippen molar-refractivity contribution in [2.75, 3.05) is 39.6 Å². The third-order valence-electron chi connectivity index (χ3n) is 20.8. The van der Waals surface area contributed by atoms with E-state index >= 15 is 0 Å². The lowest BCUT2D eigenvalue weighted by atomic mass is 9.99. The van der Waals surface area contributed by atoms with Crippen molar-refractivity contribution in [2.45, 2.75) is 465 Å². The number of carbonyl (C=O) groups excluding carboxylic acids is 4. The number of aliphatic hydroxyl groups excluding tert-OH is 1. The van der Waals surface area contributed by atoms with Crippen molar-refractivity contribution in [1.29, 1.82) is 0 Å². The van der Waals surface area contributed by atoms with Crippen LogP contribution < -0.4 is 0 Å². The van der Waals surface area contributed by atoms with Gasteiger partial charge >= 0.3 is 39.5 Å². The predicted octanol–water partition coefficient (Wildman–Crippen LogP) is 25.9. The van der Waals surface area contributed by atoms with Crippen LogP contribution in [0.4, 0.5) is 0 Å². The fraction of sp³-hybridized carbons (Fsp3) is 0.953. The molecule has 19 heteroatoms. The lowest BCUT2D eigenvalue weighted by Crippen LogP contribution is -2.30. The van der Waals surface area contributed by atoms with Crippen LogP contribution in [0.2, 0.25) is 0 Å². The van der Waals surface area contributed by atoms with E-state index in [0.717, 1.165) is 114 Å². The molecule has 0 bridgehead atoms. The minimum atomic E-state index is -4.96. The number of hydrogen-bond acceptors (Lipinski definition) is 15. The van der Waals surface area contributed by atoms with E-state index in [1.807, 2.05) is 0 Å². The molecule has 4 unspecified atom stereocenters. The van der Waals surface area contributed by atoms with Crippen molar-refractivity contribution in [3.05, 3.63) is 0 Å². The Labute approximate surface area is 645 Å². The van der Waals surface area contributed by atoms with Crippen LogP contribution in [0.5, 0.6) is 0 Å². The summed E-state index contributed by atoms with van der Waals surface area (Å²) in [5.74, 6) is 1.05. The summed E-state index contributed by atoms with van der Waals surface area (Å²) in [6, 6.07) is 0. The monoisotopic (exact) mass is 1540 g/mol. The molecule has 0 amide bonds. The predicted molar refractivity (Wildman–Crippen MR) is 432 cm³/mol. The molecule has 0 aliphatic carbocycles. The third kappa shape index (κ3) is 77.2. The van der Waals surface area contributed by atoms with E-state index in [4.69, 9.17) is 37.0 Å². The summed E-state index contributed by atoms with van der Waals surface area (Å²) in [5, 5.41) is 10.7. The van der Waals surface area contributed by atoms with Crippen LogP contribution in [-0.4, -0.2) is 96.7 Å². The molecule has 624 valence electrons. The molecule has 7 atom stereocenters. The Morgan fingerprint density at radius 2 is 0.457 bits per heavy atom. The second-order valence-electron chi connectivity index (χ2n) is 32.4. The highest BCUT2D eigenvalue weighted by molar-refractivity contribution is 7.47. The van der Waals surface area contributed by atoms with Crippen LogP contribution in [0.1, 0.15) is 447 Å². The molecule has 0 heterocycles. The van der Waals surface area contributed by atoms with E-state index in [1.165, 1.54) is 244 Å². The van der Waals surface area contributed by atoms with Gasteiger partial charge in [-0.15, -0.1) is 0 Å². The molecular formula is C86H168O17P2. The number of rotatable bonds is 83. The zero-order valence-corrected chi connectivity index (χ0v) is 71.2. The van der Waals surface area contributed by atoms with Crippen molar-refractivity contribution >= 4 is 39.5 Å². The van der Waals surface area contributed by atoms with Crippen LogP contribution in [0, 0.1) is 23.7 Å². The minimum absolute atomic E-state index is 0.106. The number of ether oxygens (including phenoxy) is 4. The smallest absolute Gasteiger partial charge is 0.462 e. The molecule has 0 aliphatic heterocycles. The summed E-state index contributed by atoms with van der Waals surface area (Å²) in [6.07, 6.45) is 64.2. The van der Waals surface area contributed by atoms with Gasteiger partial charge in [0.15, 0.2) is 12.2 Å². The van der Waals surface area contributed by atoms with Gasteiger partial charge in [-0.05, 0) is 49.4 Å². The Morgan fingerprint density at radius 1 is 0.267 bits per heavy atom. The van der Waals surface area contributed by atoms with Gasteiger partial charge in [-0.25, -0.2) is 9.13 Å². The second-order valence-corrected chi connectivity index (χ2v) is 35.3. The zero-order chi connectivity index (χ0) is 77.4. The number of hydrogen-bond donors (Lipinski definition) is 3. The molecule has 0 saturated carbocycles. The Kier molecular flexibility index (Phi) is 73.4. The lowest BCUT2D eigenvalue weighted by molar-refractivity contribution is -0.161. The van der Waals surface area contributed by atoms with Crippen LogP contribution in [0.15, 0.2) is 0 Å². The van der Waals surface area contributed by atoms with Crippen LogP contribution >= 0.6 is 15.6 Å². The number of unbranched alkanes of at least 4 members (excludes halogenated alkanes) is 47. The van der Waals surface area contributed by atoms with Crippen molar-refractivity contribution in [3.8, 4) is 0 Å². The Morgan fingerprint density at radius 3 is 0.676 bits per heavy atom. The Balaban J connectivity index is 5.11. The van der Waals surface area contributed by atoms with Gasteiger partial charge in [-0.1, -0.05) is 396 Å². The normalized spacial score (nSPS) is 14.4. The molecule has 17 nitrogen and oxygen atoms in total. The van der Waals surface area contributed by atoms with Crippen molar-refractivity contribution in [2.24, 2.45) is 23.7 Å². The Hall–Kier alpha value is -1.94. The number of carbonyl (C=O) groups is 4. The van der Waals surface area contributed by atoms with E-state index in [9.17, 15) is 43.2 Å². The molecule has 0 aliphatic rings. The first-order chi connectivity index (χ1) is 50.7. The van der Waals surface area contributed by atoms with Crippen LogP contribution in [0.25, 0.3) is 0 Å². The number of phosphoric acid groups is 2. The molecule has 0 rings (SSSR count). The van der Waals surface area contributed by atoms with Gasteiger partial charge in [0.1, 0.15) is 19.3 Å². The third-order valence-corrected chi connectivity index (χ3v) is 22.7. The van der Waals surface area contributed by atoms with E-state index in [-0.39, 0.29) is 25.7 Å². The highest BCUT2D eigenvalue weighted by Gasteiger charge is 2.31. The molecule has 0 aromatic heterocycles. The molecule has 0 saturated heterocycles. The number of esters is 4. The molecule has 0 fully saturated rings. The van der Waals surface area contributed by atoms with Crippen LogP contribution in [-0.2, 0) is 65.4 Å². The highest BCUT2D eigenvalue weighted by Crippen LogP contribution is 2.45. The topological polar surface area (TPSA) is 237 Å². The van der Waals surface area contributed by atoms with Gasteiger partial charge < -0.3 is 33.8 Å². The molecular weight excluding hydrogens is 1370 g/mol. The highest BCUT2D eigenvalue weighted by atomic mass is 31.2. The maximum absolute atomic E-state index is 13.1. The molecule has 0 radical (unpaired) electrons. The quantitative estimate of drug-likeness (QED) is 0.0222. The van der Waals surface area contributed by atoms with E-state index < -0.39 is 97.5 Å². The first-order valence-electron chi connectivity index (χ1n) is 44.3. The molecule has 0 aromatic rings. The summed E-state index contributed by atoms with van der Waals surface area (Å²) in [4.78, 5) is 73.1. The van der Waals surface area contributed by atoms with Gasteiger partial charge in [-0.2, -0.15) is 0 Å². The molecule has 0 spiro atoms. The van der Waals surface area contributed by atoms with Gasteiger partial charge in [0, 0.05) is 25.7 Å². The fourth-order valence-corrected chi connectivity index (χ4v) is 14.8. The summed E-state index contributed by atoms with van der Waals surface area (Å²) in [7, 11) is -9.93. The van der Waals surface area contributed by atoms with Crippen LogP contribution in [0.3, 0.4) is 0 Å². The first-order valence-corrected chi connectivity index (χ1v) is 47.3. The standard InChI is InChI=1S/C86H168O17P2/c1-9-78(7)64-56-48-39-33-27-23-19-15-11-13-17-21-25-29-35-41-50-58-66-83(88)96-72-81(102-86(91)69-61-53-43-37-31-32-38-46-54-62-76(3)4)74-100-104(92,93)98-70-80(87)71-99-105(94,95)101-75-82(73-97-84(89)67-59-51-45-44-47-55-63-77(5)6)103-85(90)68-60-52-42-36-30-26-22-18-14-12-16-20-24-28-34-40-49-57-65-79(8)10-2/h76-82,87H,9-75H2,1-8H3,(H,92,93)(H,94,95)/t78?,79?,80-,81-,82-/m1/s1. The summed E-state index contributed by atoms with van der Waals surface area (Å²) >= 11 is 0. The number of aliphatic hydroxyl groups is 1. The van der Waals surface area contributed by atoms with Gasteiger partial charge in [-0.3, -0.25) is 37.3 Å². The molecule has 0 aromatic carbocycles. The molecule has 105 heavy (non-hydrogen) atoms. The fourth-order valence-electron chi connectivity index (χ4n) is 13.3. The SMILES string of the molecule is CCC(C)CCCCCCCCCCCCCCCCCCCCC(=O)OC[C@H](COP(=O)(O)OC[C@@H](O)COP(=O)(O)OC[C@@H](COC(=O)CCCCCCCCC(C)C)OC(=O)CCCCCCCCCCCCCCCCCCCCC(C)CC)OC(=O)CCCCCCCCCCCC(C)C. The van der Waals surface area contributed by atoms with Gasteiger partial charge in [0.05, 0.1) is 26.4 Å². The Bertz CT molecular complexity index is 2050. The minimum Gasteiger partial charge on any atom is -0.462 e. The number of phosphoric ester groups is 2. The lowest BCUT2D eigenvalue weighted by Gasteiger charge is -2.21. The van der Waals surface area contributed by atoms with Crippen molar-refractivity contribution in [1.82, 2.24) is 0 Å².